The molecular weight excluding hydrogens is 420 g/mol. The maximum absolute atomic E-state index is 12.9. The molecule has 0 spiro atoms. The van der Waals surface area contributed by atoms with Crippen molar-refractivity contribution in [1.82, 2.24) is 20.0 Å². The Balaban J connectivity index is 1.38. The molecule has 3 fully saturated rings. The van der Waals surface area contributed by atoms with Gasteiger partial charge in [-0.05, 0) is 44.6 Å². The van der Waals surface area contributed by atoms with Gasteiger partial charge < -0.3 is 15.1 Å². The molecule has 1 aromatic heterocycles. The van der Waals surface area contributed by atoms with Gasteiger partial charge in [-0.2, -0.15) is 0 Å². The number of nitrogens with zero attached hydrogens (tertiary/aromatic N) is 3. The molecule has 1 saturated carbocycles. The number of hydrogen-bond acceptors (Lipinski definition) is 6. The highest BCUT2D eigenvalue weighted by Crippen LogP contribution is 2.46. The number of hydrogen-bond donors (Lipinski definition) is 1. The van der Waals surface area contributed by atoms with Crippen LogP contribution in [0.2, 0.25) is 0 Å². The van der Waals surface area contributed by atoms with Crippen molar-refractivity contribution >= 4 is 40.9 Å². The molecule has 2 aliphatic heterocycles. The minimum absolute atomic E-state index is 0.00905. The molecule has 1 atom stereocenters. The summed E-state index contributed by atoms with van der Waals surface area (Å²) in [6.45, 7) is 2.38. The van der Waals surface area contributed by atoms with Crippen LogP contribution in [-0.2, 0) is 9.59 Å². The van der Waals surface area contributed by atoms with Gasteiger partial charge in [0.25, 0.3) is 11.8 Å². The van der Waals surface area contributed by atoms with Crippen LogP contribution in [0.15, 0.2) is 11.4 Å². The number of carbonyl (C=O) groups is 5. The molecule has 10 heteroatoms. The molecule has 5 amide bonds. The summed E-state index contributed by atoms with van der Waals surface area (Å²) in [7, 11) is 1.53. The lowest BCUT2D eigenvalue weighted by Crippen LogP contribution is -2.52. The molecule has 9 nitrogen and oxygen atoms in total. The van der Waals surface area contributed by atoms with Gasteiger partial charge in [0.1, 0.15) is 13.1 Å². The van der Waals surface area contributed by atoms with Gasteiger partial charge in [0, 0.05) is 31.1 Å². The smallest absolute Gasteiger partial charge is 0.327 e. The molecule has 31 heavy (non-hydrogen) atoms. The number of ketones is 1. The average molecular weight is 447 g/mol. The van der Waals surface area contributed by atoms with Gasteiger partial charge in [0.15, 0.2) is 5.78 Å². The first kappa shape index (κ1) is 21.5. The molecule has 1 aliphatic carbocycles. The maximum Gasteiger partial charge on any atom is 0.327 e. The van der Waals surface area contributed by atoms with E-state index in [1.165, 1.54) is 30.2 Å². The third-order valence-electron chi connectivity index (χ3n) is 6.39. The lowest BCUT2D eigenvalue weighted by molar-refractivity contribution is -0.131. The van der Waals surface area contributed by atoms with Crippen molar-refractivity contribution in [2.24, 2.45) is 5.92 Å². The van der Waals surface area contributed by atoms with Crippen LogP contribution in [0.4, 0.5) is 4.79 Å². The van der Waals surface area contributed by atoms with E-state index in [9.17, 15) is 24.0 Å². The van der Waals surface area contributed by atoms with Crippen LogP contribution in [0, 0.1) is 5.92 Å². The van der Waals surface area contributed by atoms with E-state index in [0.29, 0.717) is 23.5 Å². The van der Waals surface area contributed by atoms with Crippen molar-refractivity contribution in [2.75, 3.05) is 33.2 Å². The average Bonchev–Trinajstić information content (AvgIpc) is 3.26. The molecule has 0 radical (unpaired) electrons. The van der Waals surface area contributed by atoms with E-state index in [-0.39, 0.29) is 48.1 Å². The van der Waals surface area contributed by atoms with E-state index < -0.39 is 6.03 Å². The summed E-state index contributed by atoms with van der Waals surface area (Å²) in [5.74, 6) is -0.745. The Bertz CT molecular complexity index is 953. The third kappa shape index (κ3) is 4.21. The van der Waals surface area contributed by atoms with E-state index >= 15 is 0 Å². The monoisotopic (exact) mass is 446 g/mol. The summed E-state index contributed by atoms with van der Waals surface area (Å²) in [5.41, 5.74) is 0.146. The number of amides is 5. The van der Waals surface area contributed by atoms with Gasteiger partial charge in [-0.25, -0.2) is 4.79 Å². The number of urea groups is 1. The van der Waals surface area contributed by atoms with Crippen LogP contribution < -0.4 is 5.32 Å². The topological polar surface area (TPSA) is 107 Å². The van der Waals surface area contributed by atoms with Crippen LogP contribution >= 0.6 is 11.3 Å². The van der Waals surface area contributed by atoms with E-state index in [0.717, 1.165) is 30.6 Å². The molecule has 3 heterocycles. The largest absolute Gasteiger partial charge is 0.349 e. The predicted molar refractivity (Wildman–Crippen MR) is 113 cm³/mol. The molecule has 0 bridgehead atoms. The van der Waals surface area contributed by atoms with Crippen molar-refractivity contribution < 1.29 is 24.0 Å². The van der Waals surface area contributed by atoms with Crippen LogP contribution in [0.1, 0.15) is 52.6 Å². The molecule has 1 N–H and O–H groups in total. The molecule has 1 aromatic rings. The Morgan fingerprint density at radius 1 is 1.26 bits per heavy atom. The summed E-state index contributed by atoms with van der Waals surface area (Å²) >= 11 is 1.28. The van der Waals surface area contributed by atoms with Gasteiger partial charge in [0.05, 0.1) is 10.4 Å². The fourth-order valence-corrected chi connectivity index (χ4v) is 5.27. The summed E-state index contributed by atoms with van der Waals surface area (Å²) in [6.07, 6.45) is 3.38. The van der Waals surface area contributed by atoms with Crippen LogP contribution in [0.5, 0.6) is 0 Å². The van der Waals surface area contributed by atoms with Gasteiger partial charge in [-0.1, -0.05) is 0 Å². The molecule has 4 rings (SSSR count). The highest BCUT2D eigenvalue weighted by molar-refractivity contribution is 7.12. The molecule has 0 aromatic carbocycles. The second-order valence-corrected chi connectivity index (χ2v) is 9.58. The van der Waals surface area contributed by atoms with E-state index in [4.69, 9.17) is 0 Å². The second kappa shape index (κ2) is 8.07. The summed E-state index contributed by atoms with van der Waals surface area (Å²) < 4.78 is 0. The normalized spacial score (nSPS) is 22.6. The number of likely N-dealkylation sites (tertiary alicyclic amines) is 1. The van der Waals surface area contributed by atoms with Crippen molar-refractivity contribution in [3.63, 3.8) is 0 Å². The maximum atomic E-state index is 12.9. The summed E-state index contributed by atoms with van der Waals surface area (Å²) in [5, 5.41) is 4.77. The van der Waals surface area contributed by atoms with Crippen LogP contribution in [0.25, 0.3) is 0 Å². The van der Waals surface area contributed by atoms with E-state index in [1.807, 2.05) is 0 Å². The van der Waals surface area contributed by atoms with Gasteiger partial charge >= 0.3 is 6.03 Å². The molecule has 2 saturated heterocycles. The SMILES string of the molecule is CC(=O)c1cc(C(=O)N2CCCC(C3(NC(=O)CN4C(=O)CN(C)C4=O)CC3)C2)cs1. The van der Waals surface area contributed by atoms with Crippen LogP contribution in [-0.4, -0.2) is 83.0 Å². The number of Topliss-reactive ketones (excluding diaryl/α,β-unsaturated/α-hetero) is 1. The first-order valence-corrected chi connectivity index (χ1v) is 11.3. The molecular formula is C21H26N4O5S. The first-order valence-electron chi connectivity index (χ1n) is 10.5. The zero-order valence-corrected chi connectivity index (χ0v) is 18.5. The zero-order valence-electron chi connectivity index (χ0n) is 17.7. The van der Waals surface area contributed by atoms with Gasteiger partial charge in [-0.3, -0.25) is 24.1 Å². The first-order chi connectivity index (χ1) is 14.7. The highest BCUT2D eigenvalue weighted by Gasteiger charge is 2.52. The molecule has 3 aliphatic rings. The van der Waals surface area contributed by atoms with E-state index in [1.54, 1.807) is 16.3 Å². The Morgan fingerprint density at radius 3 is 2.58 bits per heavy atom. The summed E-state index contributed by atoms with van der Waals surface area (Å²) in [6, 6.07) is 1.19. The Labute approximate surface area is 184 Å². The summed E-state index contributed by atoms with van der Waals surface area (Å²) in [4.78, 5) is 65.7. The zero-order chi connectivity index (χ0) is 22.3. The quantitative estimate of drug-likeness (QED) is 0.524. The van der Waals surface area contributed by atoms with Crippen molar-refractivity contribution in [1.29, 1.82) is 0 Å². The number of nitrogens with one attached hydrogen (secondary N) is 1. The molecule has 166 valence electrons. The van der Waals surface area contributed by atoms with Gasteiger partial charge in [-0.15, -0.1) is 11.3 Å². The second-order valence-electron chi connectivity index (χ2n) is 8.67. The Kier molecular flexibility index (Phi) is 5.59. The van der Waals surface area contributed by atoms with Crippen molar-refractivity contribution in [2.45, 2.75) is 38.1 Å². The number of piperidine rings is 1. The van der Waals surface area contributed by atoms with Crippen molar-refractivity contribution in [3.05, 3.63) is 21.9 Å². The fraction of sp³-hybridized carbons (Fsp3) is 0.571. The van der Waals surface area contributed by atoms with Crippen LogP contribution in [0.3, 0.4) is 0 Å². The number of carbonyl (C=O) groups excluding carboxylic acids is 5. The predicted octanol–water partition coefficient (Wildman–Crippen LogP) is 1.35. The van der Waals surface area contributed by atoms with Crippen molar-refractivity contribution in [3.8, 4) is 0 Å². The molecule has 1 unspecified atom stereocenters. The van der Waals surface area contributed by atoms with Gasteiger partial charge in [0.2, 0.25) is 5.91 Å². The van der Waals surface area contributed by atoms with E-state index in [2.05, 4.69) is 5.32 Å². The lowest BCUT2D eigenvalue weighted by atomic mass is 9.88. The lowest BCUT2D eigenvalue weighted by Gasteiger charge is -2.37. The number of likely N-dealkylation sites (N-methyl/N-ethyl adjacent to an activating group) is 1. The minimum atomic E-state index is -0.458. The highest BCUT2D eigenvalue weighted by atomic mass is 32.1. The number of imide groups is 1. The Morgan fingerprint density at radius 2 is 2.00 bits per heavy atom. The number of thiophene rings is 1. The fourth-order valence-electron chi connectivity index (χ4n) is 4.48. The minimum Gasteiger partial charge on any atom is -0.349 e. The standard InChI is InChI=1S/C21H26N4O5S/c1-13(26)16-8-14(12-31-16)19(29)24-7-3-4-15(9-24)21(5-6-21)22-17(27)10-25-18(28)11-23(2)20(25)30/h8,12,15H,3-7,9-11H2,1-2H3,(H,22,27). The Hall–Kier alpha value is -2.75. The number of rotatable bonds is 6. The third-order valence-corrected chi connectivity index (χ3v) is 7.42.